The van der Waals surface area contributed by atoms with E-state index in [1.165, 1.54) is 0 Å². The highest BCUT2D eigenvalue weighted by Gasteiger charge is 2.15. The van der Waals surface area contributed by atoms with E-state index in [-0.39, 0.29) is 0 Å². The summed E-state index contributed by atoms with van der Waals surface area (Å²) in [6, 6.07) is 30.3. The summed E-state index contributed by atoms with van der Waals surface area (Å²) in [7, 11) is 0. The van der Waals surface area contributed by atoms with Gasteiger partial charge in [0.15, 0.2) is 5.82 Å². The Morgan fingerprint density at radius 3 is 2.30 bits per heavy atom. The van der Waals surface area contributed by atoms with E-state index in [0.717, 1.165) is 44.2 Å². The lowest BCUT2D eigenvalue weighted by Crippen LogP contribution is -1.95. The van der Waals surface area contributed by atoms with Crippen molar-refractivity contribution in [1.82, 2.24) is 19.3 Å². The zero-order chi connectivity index (χ0) is 19.9. The van der Waals surface area contributed by atoms with Gasteiger partial charge >= 0.3 is 0 Å². The largest absolute Gasteiger partial charge is 0.235 e. The van der Waals surface area contributed by atoms with Crippen molar-refractivity contribution >= 4 is 32.8 Å². The van der Waals surface area contributed by atoms with Crippen molar-refractivity contribution in [3.05, 3.63) is 97.3 Å². The van der Waals surface area contributed by atoms with E-state index in [1.54, 1.807) is 15.7 Å². The first kappa shape index (κ1) is 16.6. The van der Waals surface area contributed by atoms with Crippen LogP contribution in [0.5, 0.6) is 0 Å². The Kier molecular flexibility index (Phi) is 3.67. The smallest absolute Gasteiger partial charge is 0.164 e. The maximum Gasteiger partial charge on any atom is 0.164 e. The Labute approximate surface area is 171 Å². The average molecular weight is 388 g/mol. The summed E-state index contributed by atoms with van der Waals surface area (Å²) in [4.78, 5) is 9.27. The molecule has 0 saturated heterocycles. The zero-order valence-corrected chi connectivity index (χ0v) is 15.9. The van der Waals surface area contributed by atoms with Crippen LogP contribution in [0, 0.1) is 0 Å². The quantitative estimate of drug-likeness (QED) is 0.355. The average Bonchev–Trinajstić information content (AvgIpc) is 3.38. The highest BCUT2D eigenvalue weighted by molar-refractivity contribution is 5.96. The molecular weight excluding hydrogens is 372 g/mol. The fourth-order valence-corrected chi connectivity index (χ4v) is 3.80. The normalized spacial score (nSPS) is 11.9. The van der Waals surface area contributed by atoms with E-state index < -0.39 is 0 Å². The van der Waals surface area contributed by atoms with E-state index in [1.807, 2.05) is 66.7 Å². The van der Waals surface area contributed by atoms with E-state index in [2.05, 4.69) is 39.7 Å². The maximum absolute atomic E-state index is 4.88. The second kappa shape index (κ2) is 6.63. The van der Waals surface area contributed by atoms with Gasteiger partial charge in [-0.2, -0.15) is 4.68 Å². The number of aromatic nitrogens is 4. The summed E-state index contributed by atoms with van der Waals surface area (Å²) in [5, 5.41) is 11.3. The molecule has 0 aliphatic rings. The van der Waals surface area contributed by atoms with Crippen LogP contribution in [0.25, 0.3) is 44.2 Å². The van der Waals surface area contributed by atoms with Crippen LogP contribution in [0.15, 0.2) is 108 Å². The number of hydrogen-bond acceptors (Lipinski definition) is 4. The van der Waals surface area contributed by atoms with Crippen molar-refractivity contribution in [2.45, 2.75) is 0 Å². The van der Waals surface area contributed by atoms with Crippen LogP contribution in [-0.2, 0) is 0 Å². The van der Waals surface area contributed by atoms with Crippen molar-refractivity contribution in [1.29, 1.82) is 0 Å². The fraction of sp³-hybridized carbons (Fsp3) is 0. The molecule has 2 heterocycles. The van der Waals surface area contributed by atoms with Crippen molar-refractivity contribution in [3.63, 3.8) is 0 Å². The molecule has 6 nitrogen and oxygen atoms in total. The molecule has 0 aliphatic heterocycles. The first-order valence-electron chi connectivity index (χ1n) is 9.68. The second-order valence-electron chi connectivity index (χ2n) is 7.02. The van der Waals surface area contributed by atoms with Gasteiger partial charge in [-0.15, -0.1) is 0 Å². The Bertz CT molecular complexity index is 1550. The third kappa shape index (κ3) is 2.58. The molecule has 0 atom stereocenters. The van der Waals surface area contributed by atoms with Crippen LogP contribution < -0.4 is 0 Å². The predicted molar refractivity (Wildman–Crippen MR) is 118 cm³/mol. The lowest BCUT2D eigenvalue weighted by molar-refractivity contribution is 0.716. The molecule has 6 aromatic rings. The lowest BCUT2D eigenvalue weighted by atomic mass is 10.0. The van der Waals surface area contributed by atoms with Gasteiger partial charge in [0.05, 0.1) is 22.1 Å². The number of imidazole rings is 2. The van der Waals surface area contributed by atoms with Gasteiger partial charge in [-0.25, -0.2) is 14.6 Å². The van der Waals surface area contributed by atoms with E-state index in [0.29, 0.717) is 0 Å². The topological polar surface area (TPSA) is 60.4 Å². The number of benzene rings is 4. The van der Waals surface area contributed by atoms with Crippen molar-refractivity contribution in [3.8, 4) is 11.4 Å². The van der Waals surface area contributed by atoms with E-state index >= 15 is 0 Å². The van der Waals surface area contributed by atoms with Crippen LogP contribution in [0.4, 0.5) is 0 Å². The van der Waals surface area contributed by atoms with Crippen molar-refractivity contribution in [2.24, 2.45) is 10.4 Å². The Balaban J connectivity index is 1.58. The Morgan fingerprint density at radius 2 is 1.37 bits per heavy atom. The molecule has 0 fully saturated rings. The SMILES string of the molecule is c1ccc2c(-c3nc4ccccc4n3/N=N/n3cnc4ccccc43)cccc2c1. The molecule has 0 saturated carbocycles. The molecule has 30 heavy (non-hydrogen) atoms. The van der Waals surface area contributed by atoms with Crippen LogP contribution in [0.3, 0.4) is 0 Å². The third-order valence-electron chi connectivity index (χ3n) is 5.23. The second-order valence-corrected chi connectivity index (χ2v) is 7.02. The Morgan fingerprint density at radius 1 is 0.633 bits per heavy atom. The first-order valence-corrected chi connectivity index (χ1v) is 9.68. The van der Waals surface area contributed by atoms with Gasteiger partial charge in [-0.3, -0.25) is 0 Å². The van der Waals surface area contributed by atoms with Crippen LogP contribution >= 0.6 is 0 Å². The van der Waals surface area contributed by atoms with Crippen LogP contribution in [-0.4, -0.2) is 19.3 Å². The number of nitrogens with zero attached hydrogens (tertiary/aromatic N) is 6. The lowest BCUT2D eigenvalue weighted by Gasteiger charge is -2.06. The van der Waals surface area contributed by atoms with Crippen LogP contribution in [0.2, 0.25) is 0 Å². The summed E-state index contributed by atoms with van der Waals surface area (Å²) >= 11 is 0. The highest BCUT2D eigenvalue weighted by atomic mass is 15.6. The maximum atomic E-state index is 4.88. The molecular formula is C24H16N6. The molecule has 6 rings (SSSR count). The third-order valence-corrected chi connectivity index (χ3v) is 5.23. The van der Waals surface area contributed by atoms with Crippen molar-refractivity contribution in [2.75, 3.05) is 0 Å². The minimum Gasteiger partial charge on any atom is -0.235 e. The molecule has 2 aromatic heterocycles. The molecule has 142 valence electrons. The Hall–Kier alpha value is -4.32. The monoisotopic (exact) mass is 388 g/mol. The minimum absolute atomic E-state index is 0.751. The zero-order valence-electron chi connectivity index (χ0n) is 15.9. The number of fused-ring (bicyclic) bond motifs is 3. The van der Waals surface area contributed by atoms with Crippen molar-refractivity contribution < 1.29 is 0 Å². The molecule has 0 amide bonds. The molecule has 0 N–H and O–H groups in total. The van der Waals surface area contributed by atoms with E-state index in [4.69, 9.17) is 4.98 Å². The van der Waals surface area contributed by atoms with Gasteiger partial charge in [0.2, 0.25) is 0 Å². The summed E-state index contributed by atoms with van der Waals surface area (Å²) in [6.07, 6.45) is 1.67. The van der Waals surface area contributed by atoms with Gasteiger partial charge in [0, 0.05) is 5.56 Å². The van der Waals surface area contributed by atoms with Gasteiger partial charge < -0.3 is 0 Å². The minimum atomic E-state index is 0.751. The van der Waals surface area contributed by atoms with Crippen LogP contribution in [0.1, 0.15) is 0 Å². The predicted octanol–water partition coefficient (Wildman–Crippen LogP) is 5.88. The molecule has 0 spiro atoms. The molecule has 6 heteroatoms. The molecule has 4 aromatic carbocycles. The molecule has 0 unspecified atom stereocenters. The van der Waals surface area contributed by atoms with Gasteiger partial charge in [-0.05, 0) is 45.5 Å². The standard InChI is InChI=1S/C24H16N6/c1-2-10-18-17(8-1)9-7-11-19(18)24-26-21-13-4-6-15-23(21)30(24)28-27-29-16-25-20-12-3-5-14-22(20)29/h1-16H/b28-27+. The summed E-state index contributed by atoms with van der Waals surface area (Å²) < 4.78 is 3.48. The summed E-state index contributed by atoms with van der Waals surface area (Å²) in [5.74, 6) is 0.751. The van der Waals surface area contributed by atoms with Gasteiger partial charge in [0.25, 0.3) is 0 Å². The highest BCUT2D eigenvalue weighted by Crippen LogP contribution is 2.31. The molecule has 0 aliphatic carbocycles. The van der Waals surface area contributed by atoms with Gasteiger partial charge in [0.1, 0.15) is 6.33 Å². The van der Waals surface area contributed by atoms with E-state index in [9.17, 15) is 0 Å². The molecule has 0 bridgehead atoms. The fourth-order valence-electron chi connectivity index (χ4n) is 3.80. The first-order chi connectivity index (χ1) is 14.9. The number of para-hydroxylation sites is 4. The number of hydrogen-bond donors (Lipinski definition) is 0. The van der Waals surface area contributed by atoms with Gasteiger partial charge in [-0.1, -0.05) is 66.7 Å². The summed E-state index contributed by atoms with van der Waals surface area (Å²) in [5.41, 5.74) is 4.56. The number of rotatable bonds is 3. The summed E-state index contributed by atoms with van der Waals surface area (Å²) in [6.45, 7) is 0. The molecule has 0 radical (unpaired) electrons.